The lowest BCUT2D eigenvalue weighted by molar-refractivity contribution is -0.187. The molecule has 2 heterocycles. The topological polar surface area (TPSA) is 42.4 Å². The monoisotopic (exact) mass is 302 g/mol. The number of methoxy groups -OCH3 is 1. The van der Waals surface area contributed by atoms with Gasteiger partial charge in [0.2, 0.25) is 5.88 Å². The van der Waals surface area contributed by atoms with E-state index in [0.29, 0.717) is 11.6 Å². The van der Waals surface area contributed by atoms with Gasteiger partial charge in [-0.05, 0) is 12.5 Å². The highest BCUT2D eigenvalue weighted by atomic mass is 19.4. The Morgan fingerprint density at radius 3 is 2.62 bits per heavy atom. The average molecular weight is 302 g/mol. The first-order chi connectivity index (χ1) is 9.74. The maximum atomic E-state index is 12.7. The van der Waals surface area contributed by atoms with E-state index in [1.165, 1.54) is 7.11 Å². The Bertz CT molecular complexity index is 546. The molecule has 4 nitrogen and oxygen atoms in total. The second kappa shape index (κ2) is 5.54. The third-order valence-corrected chi connectivity index (χ3v) is 3.72. The van der Waals surface area contributed by atoms with Gasteiger partial charge in [-0.2, -0.15) is 13.2 Å². The van der Waals surface area contributed by atoms with E-state index >= 15 is 0 Å². The highest BCUT2D eigenvalue weighted by molar-refractivity contribution is 5.82. The van der Waals surface area contributed by atoms with Crippen molar-refractivity contribution >= 4 is 5.91 Å². The molecule has 0 saturated heterocycles. The summed E-state index contributed by atoms with van der Waals surface area (Å²) < 4.78 is 43.1. The van der Waals surface area contributed by atoms with Crippen LogP contribution in [0.1, 0.15) is 31.0 Å². The van der Waals surface area contributed by atoms with Crippen LogP contribution in [-0.4, -0.2) is 41.7 Å². The molecule has 0 radical (unpaired) electrons. The molecular formula is C14H17F3N2O2. The molecule has 0 saturated carbocycles. The van der Waals surface area contributed by atoms with Crippen molar-refractivity contribution in [3.05, 3.63) is 23.4 Å². The summed E-state index contributed by atoms with van der Waals surface area (Å²) in [5.41, 5.74) is 1.55. The van der Waals surface area contributed by atoms with E-state index in [1.807, 2.05) is 0 Å². The summed E-state index contributed by atoms with van der Waals surface area (Å²) >= 11 is 0. The first-order valence-electron chi connectivity index (χ1n) is 6.65. The van der Waals surface area contributed by atoms with Crippen LogP contribution in [0.4, 0.5) is 13.2 Å². The molecule has 1 aliphatic rings. The van der Waals surface area contributed by atoms with Crippen LogP contribution < -0.4 is 4.74 Å². The Labute approximate surface area is 120 Å². The summed E-state index contributed by atoms with van der Waals surface area (Å²) in [4.78, 5) is 16.8. The predicted molar refractivity (Wildman–Crippen MR) is 70.1 cm³/mol. The van der Waals surface area contributed by atoms with Crippen molar-refractivity contribution in [2.24, 2.45) is 0 Å². The van der Waals surface area contributed by atoms with Gasteiger partial charge in [-0.3, -0.25) is 4.79 Å². The number of hydrogen-bond acceptors (Lipinski definition) is 3. The van der Waals surface area contributed by atoms with Gasteiger partial charge in [0.05, 0.1) is 7.11 Å². The van der Waals surface area contributed by atoms with E-state index in [2.05, 4.69) is 4.98 Å². The highest BCUT2D eigenvalue weighted by Crippen LogP contribution is 2.31. The molecule has 116 valence electrons. The maximum Gasteiger partial charge on any atom is 0.471 e. The number of fused-ring (bicyclic) bond motifs is 1. The Hall–Kier alpha value is -1.79. The number of pyridine rings is 1. The molecule has 2 atom stereocenters. The van der Waals surface area contributed by atoms with Crippen LogP contribution in [0.3, 0.4) is 0 Å². The smallest absolute Gasteiger partial charge is 0.471 e. The van der Waals surface area contributed by atoms with Crippen LogP contribution in [0.5, 0.6) is 5.88 Å². The number of hydrogen-bond donors (Lipinski definition) is 0. The normalized spacial score (nSPS) is 22.5. The third-order valence-electron chi connectivity index (χ3n) is 3.72. The summed E-state index contributed by atoms with van der Waals surface area (Å²) in [6.07, 6.45) is -4.58. The molecule has 7 heteroatoms. The molecule has 1 aromatic rings. The summed E-state index contributed by atoms with van der Waals surface area (Å²) in [6.45, 7) is 3.43. The molecule has 0 aliphatic carbocycles. The average Bonchev–Trinajstić information content (AvgIpc) is 2.53. The molecule has 2 unspecified atom stereocenters. The molecular weight excluding hydrogens is 285 g/mol. The molecule has 2 rings (SSSR count). The van der Waals surface area contributed by atoms with Crippen LogP contribution in [0, 0.1) is 0 Å². The minimum absolute atomic E-state index is 0.0283. The molecule has 0 N–H and O–H groups in total. The van der Waals surface area contributed by atoms with Gasteiger partial charge < -0.3 is 9.64 Å². The van der Waals surface area contributed by atoms with Crippen molar-refractivity contribution in [1.82, 2.24) is 9.88 Å². The molecule has 0 bridgehead atoms. The summed E-state index contributed by atoms with van der Waals surface area (Å²) in [5.74, 6) is -1.58. The number of amides is 1. The summed E-state index contributed by atoms with van der Waals surface area (Å²) in [7, 11) is 1.48. The van der Waals surface area contributed by atoms with E-state index in [0.717, 1.165) is 10.5 Å². The molecule has 1 aliphatic heterocycles. The van der Waals surface area contributed by atoms with Crippen LogP contribution in [0.2, 0.25) is 0 Å². The number of nitrogens with zero attached hydrogens (tertiary/aromatic N) is 2. The van der Waals surface area contributed by atoms with Gasteiger partial charge >= 0.3 is 12.1 Å². The van der Waals surface area contributed by atoms with Crippen LogP contribution in [0.15, 0.2) is 12.1 Å². The SMILES string of the molecule is COc1ccc2c(n1)CC(C)N(C(=O)C(F)(F)F)CC2C. The number of alkyl halides is 3. The van der Waals surface area contributed by atoms with Crippen molar-refractivity contribution < 1.29 is 22.7 Å². The van der Waals surface area contributed by atoms with Crippen molar-refractivity contribution in [1.29, 1.82) is 0 Å². The second-order valence-corrected chi connectivity index (χ2v) is 5.30. The molecule has 1 amide bonds. The Kier molecular flexibility index (Phi) is 4.11. The van der Waals surface area contributed by atoms with Crippen LogP contribution in [-0.2, 0) is 11.2 Å². The second-order valence-electron chi connectivity index (χ2n) is 5.30. The minimum Gasteiger partial charge on any atom is -0.481 e. The van der Waals surface area contributed by atoms with Crippen molar-refractivity contribution in [3.8, 4) is 5.88 Å². The lowest BCUT2D eigenvalue weighted by Gasteiger charge is -2.29. The van der Waals surface area contributed by atoms with Crippen molar-refractivity contribution in [3.63, 3.8) is 0 Å². The fraction of sp³-hybridized carbons (Fsp3) is 0.571. The van der Waals surface area contributed by atoms with Gasteiger partial charge in [-0.1, -0.05) is 13.0 Å². The maximum absolute atomic E-state index is 12.7. The van der Waals surface area contributed by atoms with Gasteiger partial charge in [-0.15, -0.1) is 0 Å². The van der Waals surface area contributed by atoms with E-state index in [-0.39, 0.29) is 18.9 Å². The third kappa shape index (κ3) is 3.11. The molecule has 1 aromatic heterocycles. The van der Waals surface area contributed by atoms with E-state index < -0.39 is 18.1 Å². The Morgan fingerprint density at radius 2 is 2.05 bits per heavy atom. The standard InChI is InChI=1S/C14H17F3N2O2/c1-8-7-19(13(20)14(15,16)17)9(2)6-11-10(8)4-5-12(18-11)21-3/h4-5,8-9H,6-7H2,1-3H3. The quantitative estimate of drug-likeness (QED) is 0.800. The van der Waals surface area contributed by atoms with Gasteiger partial charge in [0.15, 0.2) is 0 Å². The molecule has 0 aromatic carbocycles. The zero-order chi connectivity index (χ0) is 15.8. The first kappa shape index (κ1) is 15.6. The summed E-state index contributed by atoms with van der Waals surface area (Å²) in [5, 5.41) is 0. The van der Waals surface area contributed by atoms with E-state index in [9.17, 15) is 18.0 Å². The Balaban J connectivity index is 2.34. The van der Waals surface area contributed by atoms with Crippen molar-refractivity contribution in [2.75, 3.05) is 13.7 Å². The van der Waals surface area contributed by atoms with Crippen LogP contribution in [0.25, 0.3) is 0 Å². The zero-order valence-corrected chi connectivity index (χ0v) is 12.1. The van der Waals surface area contributed by atoms with Gasteiger partial charge in [0.25, 0.3) is 0 Å². The van der Waals surface area contributed by atoms with Crippen molar-refractivity contribution in [2.45, 2.75) is 38.4 Å². The number of carbonyl (C=O) groups excluding carboxylic acids is 1. The predicted octanol–water partition coefficient (Wildman–Crippen LogP) is 2.53. The number of ether oxygens (including phenoxy) is 1. The largest absolute Gasteiger partial charge is 0.481 e. The zero-order valence-electron chi connectivity index (χ0n) is 12.1. The van der Waals surface area contributed by atoms with E-state index in [1.54, 1.807) is 26.0 Å². The molecule has 0 spiro atoms. The summed E-state index contributed by atoms with van der Waals surface area (Å²) in [6, 6.07) is 2.92. The van der Waals surface area contributed by atoms with Gasteiger partial charge in [-0.25, -0.2) is 4.98 Å². The number of aromatic nitrogens is 1. The van der Waals surface area contributed by atoms with Gasteiger partial charge in [0, 0.05) is 36.7 Å². The lowest BCUT2D eigenvalue weighted by atomic mass is 9.99. The number of carbonyl (C=O) groups is 1. The lowest BCUT2D eigenvalue weighted by Crippen LogP contribution is -2.47. The molecule has 21 heavy (non-hydrogen) atoms. The highest BCUT2D eigenvalue weighted by Gasteiger charge is 2.45. The Morgan fingerprint density at radius 1 is 1.38 bits per heavy atom. The number of rotatable bonds is 1. The fourth-order valence-electron chi connectivity index (χ4n) is 2.63. The fourth-order valence-corrected chi connectivity index (χ4v) is 2.63. The number of halogens is 3. The van der Waals surface area contributed by atoms with E-state index in [4.69, 9.17) is 4.74 Å². The van der Waals surface area contributed by atoms with Crippen LogP contribution >= 0.6 is 0 Å². The molecule has 0 fully saturated rings. The minimum atomic E-state index is -4.85. The van der Waals surface area contributed by atoms with Gasteiger partial charge in [0.1, 0.15) is 0 Å². The first-order valence-corrected chi connectivity index (χ1v) is 6.65.